The van der Waals surface area contributed by atoms with Crippen LogP contribution in [0.15, 0.2) is 54.6 Å². The van der Waals surface area contributed by atoms with E-state index in [0.717, 1.165) is 31.5 Å². The lowest BCUT2D eigenvalue weighted by molar-refractivity contribution is -0.123. The van der Waals surface area contributed by atoms with Crippen LogP contribution >= 0.6 is 0 Å². The number of amides is 2. The summed E-state index contributed by atoms with van der Waals surface area (Å²) in [7, 11) is 0. The normalized spacial score (nSPS) is 15.3. The van der Waals surface area contributed by atoms with Crippen LogP contribution in [0.4, 0.5) is 14.5 Å². The van der Waals surface area contributed by atoms with Crippen molar-refractivity contribution >= 4 is 23.6 Å². The molecule has 6 nitrogen and oxygen atoms in total. The van der Waals surface area contributed by atoms with Gasteiger partial charge in [-0.1, -0.05) is 30.3 Å². The number of nitrogens with zero attached hydrogens (tertiary/aromatic N) is 1. The number of nitrogens with two attached hydrogens (primary N) is 1. The Morgan fingerprint density at radius 2 is 1.90 bits per heavy atom. The fourth-order valence-electron chi connectivity index (χ4n) is 3.55. The van der Waals surface area contributed by atoms with E-state index in [1.165, 1.54) is 18.2 Å². The van der Waals surface area contributed by atoms with Gasteiger partial charge in [0, 0.05) is 29.8 Å². The molecule has 164 valence electrons. The maximum atomic E-state index is 12.5. The van der Waals surface area contributed by atoms with Crippen LogP contribution in [0.1, 0.15) is 24.0 Å². The molecule has 1 fully saturated rings. The van der Waals surface area contributed by atoms with Gasteiger partial charge in [0.1, 0.15) is 5.75 Å². The number of likely N-dealkylation sites (tertiary alicyclic amines) is 1. The molecule has 0 atom stereocenters. The van der Waals surface area contributed by atoms with E-state index in [2.05, 4.69) is 15.0 Å². The molecule has 1 aliphatic heterocycles. The molecule has 0 bridgehead atoms. The van der Waals surface area contributed by atoms with Crippen molar-refractivity contribution in [2.75, 3.05) is 18.4 Å². The van der Waals surface area contributed by atoms with Crippen LogP contribution in [0.2, 0.25) is 0 Å². The number of hydrogen-bond acceptors (Lipinski definition) is 4. The molecule has 1 saturated heterocycles. The average molecular weight is 429 g/mol. The third-order valence-electron chi connectivity index (χ3n) is 5.14. The summed E-state index contributed by atoms with van der Waals surface area (Å²) in [6.45, 7) is -0.628. The predicted octanol–water partition coefficient (Wildman–Crippen LogP) is 3.64. The van der Waals surface area contributed by atoms with Crippen molar-refractivity contribution in [1.29, 1.82) is 0 Å². The first kappa shape index (κ1) is 22.4. The van der Waals surface area contributed by atoms with Crippen molar-refractivity contribution in [2.24, 2.45) is 11.7 Å². The Labute approximate surface area is 179 Å². The molecular formula is C23H25F2N3O3. The first-order chi connectivity index (χ1) is 14.9. The minimum Gasteiger partial charge on any atom is -0.434 e. The van der Waals surface area contributed by atoms with Crippen molar-refractivity contribution in [2.45, 2.75) is 26.0 Å². The van der Waals surface area contributed by atoms with Crippen molar-refractivity contribution < 1.29 is 23.1 Å². The topological polar surface area (TPSA) is 84.7 Å². The van der Waals surface area contributed by atoms with Gasteiger partial charge >= 0.3 is 6.61 Å². The number of carbonyl (C=O) groups excluding carboxylic acids is 2. The highest BCUT2D eigenvalue weighted by Crippen LogP contribution is 2.22. The van der Waals surface area contributed by atoms with Gasteiger partial charge in [0.2, 0.25) is 11.8 Å². The molecule has 0 unspecified atom stereocenters. The predicted molar refractivity (Wildman–Crippen MR) is 114 cm³/mol. The molecule has 3 N–H and O–H groups in total. The zero-order chi connectivity index (χ0) is 22.2. The molecule has 1 heterocycles. The number of ether oxygens (including phenoxy) is 1. The third-order valence-corrected chi connectivity index (χ3v) is 5.14. The summed E-state index contributed by atoms with van der Waals surface area (Å²) in [6, 6.07) is 13.8. The number of para-hydroxylation sites is 1. The molecule has 0 spiro atoms. The van der Waals surface area contributed by atoms with Crippen LogP contribution < -0.4 is 15.8 Å². The Bertz CT molecular complexity index is 941. The number of anilines is 1. The first-order valence-electron chi connectivity index (χ1n) is 10.0. The van der Waals surface area contributed by atoms with E-state index < -0.39 is 6.61 Å². The minimum atomic E-state index is -2.94. The Balaban J connectivity index is 1.57. The summed E-state index contributed by atoms with van der Waals surface area (Å²) in [4.78, 5) is 25.8. The molecule has 2 aromatic carbocycles. The number of alkyl halides is 2. The van der Waals surface area contributed by atoms with E-state index >= 15 is 0 Å². The van der Waals surface area contributed by atoms with Crippen LogP contribution in [0.25, 0.3) is 6.08 Å². The molecule has 8 heteroatoms. The number of primary amides is 1. The van der Waals surface area contributed by atoms with E-state index in [9.17, 15) is 18.4 Å². The Morgan fingerprint density at radius 1 is 1.16 bits per heavy atom. The lowest BCUT2D eigenvalue weighted by Crippen LogP contribution is -2.38. The van der Waals surface area contributed by atoms with E-state index in [-0.39, 0.29) is 23.5 Å². The highest BCUT2D eigenvalue weighted by atomic mass is 19.3. The second-order valence-electron chi connectivity index (χ2n) is 7.39. The summed E-state index contributed by atoms with van der Waals surface area (Å²) in [5, 5.41) is 2.78. The maximum absolute atomic E-state index is 12.5. The molecule has 31 heavy (non-hydrogen) atoms. The second-order valence-corrected chi connectivity index (χ2v) is 7.39. The lowest BCUT2D eigenvalue weighted by Gasteiger charge is -2.30. The van der Waals surface area contributed by atoms with Crippen molar-refractivity contribution in [3.8, 4) is 5.75 Å². The van der Waals surface area contributed by atoms with E-state index in [4.69, 9.17) is 5.73 Å². The molecule has 0 radical (unpaired) electrons. The molecule has 0 aliphatic carbocycles. The van der Waals surface area contributed by atoms with Crippen molar-refractivity contribution in [3.63, 3.8) is 0 Å². The number of carbonyl (C=O) groups is 2. The summed E-state index contributed by atoms with van der Waals surface area (Å²) in [5.41, 5.74) is 7.43. The summed E-state index contributed by atoms with van der Waals surface area (Å²) in [6.07, 6.45) is 4.22. The van der Waals surface area contributed by atoms with Crippen LogP contribution in [-0.4, -0.2) is 36.4 Å². The Kier molecular flexibility index (Phi) is 7.72. The lowest BCUT2D eigenvalue weighted by atomic mass is 9.96. The number of nitrogens with one attached hydrogen (secondary N) is 1. The number of benzene rings is 2. The van der Waals surface area contributed by atoms with Crippen molar-refractivity contribution in [1.82, 2.24) is 4.90 Å². The van der Waals surface area contributed by atoms with Gasteiger partial charge in [-0.05, 0) is 55.8 Å². The van der Waals surface area contributed by atoms with Gasteiger partial charge in [0.25, 0.3) is 0 Å². The number of hydrogen-bond donors (Lipinski definition) is 2. The Hall–Kier alpha value is -3.26. The molecular weight excluding hydrogens is 404 g/mol. The molecule has 0 saturated carbocycles. The largest absolute Gasteiger partial charge is 0.434 e. The fraction of sp³-hybridized carbons (Fsp3) is 0.304. The van der Waals surface area contributed by atoms with Crippen LogP contribution in [0.5, 0.6) is 5.75 Å². The Morgan fingerprint density at radius 3 is 2.61 bits per heavy atom. The monoisotopic (exact) mass is 429 g/mol. The van der Waals surface area contributed by atoms with Gasteiger partial charge < -0.3 is 15.8 Å². The highest BCUT2D eigenvalue weighted by molar-refractivity contribution is 6.02. The zero-order valence-electron chi connectivity index (χ0n) is 17.0. The smallest absolute Gasteiger partial charge is 0.387 e. The summed E-state index contributed by atoms with van der Waals surface area (Å²) >= 11 is 0. The van der Waals surface area contributed by atoms with Gasteiger partial charge in [0.05, 0.1) is 0 Å². The fourth-order valence-corrected chi connectivity index (χ4v) is 3.55. The highest BCUT2D eigenvalue weighted by Gasteiger charge is 2.23. The first-order valence-corrected chi connectivity index (χ1v) is 10.0. The molecule has 1 aliphatic rings. The number of piperidine rings is 1. The molecule has 3 rings (SSSR count). The zero-order valence-corrected chi connectivity index (χ0v) is 17.0. The standard InChI is InChI=1S/C23H25F2N3O3/c24-23(25)31-20-7-2-1-5-17(20)8-9-21(29)27-19-6-3-4-16(14-19)15-28-12-10-18(11-13-28)22(26)30/h1-9,14,18,23H,10-13,15H2,(H2,26,30)(H,27,29). The van der Waals surface area contributed by atoms with E-state index in [0.29, 0.717) is 17.8 Å². The molecule has 2 aromatic rings. The third kappa shape index (κ3) is 6.89. The van der Waals surface area contributed by atoms with Gasteiger partial charge in [0.15, 0.2) is 0 Å². The van der Waals surface area contributed by atoms with Gasteiger partial charge in [-0.15, -0.1) is 0 Å². The van der Waals surface area contributed by atoms with E-state index in [1.54, 1.807) is 24.3 Å². The molecule has 2 amide bonds. The second kappa shape index (κ2) is 10.7. The SMILES string of the molecule is NC(=O)C1CCN(Cc2cccc(NC(=O)C=Cc3ccccc3OC(F)F)c2)CC1. The average Bonchev–Trinajstić information content (AvgIpc) is 2.73. The van der Waals surface area contributed by atoms with Crippen LogP contribution in [0.3, 0.4) is 0 Å². The van der Waals surface area contributed by atoms with E-state index in [1.807, 2.05) is 18.2 Å². The number of rotatable bonds is 8. The number of halogens is 2. The van der Waals surface area contributed by atoms with Crippen molar-refractivity contribution in [3.05, 3.63) is 65.7 Å². The van der Waals surface area contributed by atoms with Crippen LogP contribution in [-0.2, 0) is 16.1 Å². The quantitative estimate of drug-likeness (QED) is 0.628. The summed E-state index contributed by atoms with van der Waals surface area (Å²) in [5.74, 6) is -0.666. The summed E-state index contributed by atoms with van der Waals surface area (Å²) < 4.78 is 29.5. The molecule has 0 aromatic heterocycles. The van der Waals surface area contributed by atoms with Gasteiger partial charge in [-0.2, -0.15) is 8.78 Å². The van der Waals surface area contributed by atoms with Gasteiger partial charge in [-0.3, -0.25) is 14.5 Å². The minimum absolute atomic E-state index is 0.00338. The van der Waals surface area contributed by atoms with Crippen LogP contribution in [0, 0.1) is 5.92 Å². The maximum Gasteiger partial charge on any atom is 0.387 e. The van der Waals surface area contributed by atoms with Gasteiger partial charge in [-0.25, -0.2) is 0 Å².